The van der Waals surface area contributed by atoms with Crippen LogP contribution >= 0.6 is 11.6 Å². The third-order valence-electron chi connectivity index (χ3n) is 3.21. The molecule has 0 radical (unpaired) electrons. The maximum Gasteiger partial charge on any atom is 0.127 e. The molecule has 0 atom stereocenters. The maximum atomic E-state index is 6.15. The number of ether oxygens (including phenoxy) is 1. The lowest BCUT2D eigenvalue weighted by Crippen LogP contribution is -1.97. The SMILES string of the molecule is Nc1ccc(COc2cccc3ccccc23)c(Cl)c1. The molecular formula is C17H14ClNO. The second-order valence-electron chi connectivity index (χ2n) is 4.62. The molecule has 3 rings (SSSR count). The Bertz CT molecular complexity index is 750. The predicted octanol–water partition coefficient (Wildman–Crippen LogP) is 4.65. The Kier molecular flexibility index (Phi) is 3.48. The molecule has 0 amide bonds. The Hall–Kier alpha value is -2.19. The van der Waals surface area contributed by atoms with Crippen LogP contribution in [0.1, 0.15) is 5.56 Å². The van der Waals surface area contributed by atoms with Crippen molar-refractivity contribution in [1.29, 1.82) is 0 Å². The number of nitrogen functional groups attached to an aromatic ring is 1. The van der Waals surface area contributed by atoms with Gasteiger partial charge in [-0.3, -0.25) is 0 Å². The van der Waals surface area contributed by atoms with Crippen LogP contribution in [0.3, 0.4) is 0 Å². The first-order chi connectivity index (χ1) is 9.74. The summed E-state index contributed by atoms with van der Waals surface area (Å²) in [6.07, 6.45) is 0. The minimum atomic E-state index is 0.424. The molecule has 0 bridgehead atoms. The zero-order valence-electron chi connectivity index (χ0n) is 10.8. The topological polar surface area (TPSA) is 35.2 Å². The van der Waals surface area contributed by atoms with Gasteiger partial charge in [0.25, 0.3) is 0 Å². The molecule has 0 spiro atoms. The summed E-state index contributed by atoms with van der Waals surface area (Å²) in [6.45, 7) is 0.424. The van der Waals surface area contributed by atoms with Crippen molar-refractivity contribution in [2.24, 2.45) is 0 Å². The zero-order valence-corrected chi connectivity index (χ0v) is 11.6. The van der Waals surface area contributed by atoms with Gasteiger partial charge in [0.15, 0.2) is 0 Å². The average molecular weight is 284 g/mol. The van der Waals surface area contributed by atoms with Gasteiger partial charge in [0, 0.05) is 21.7 Å². The van der Waals surface area contributed by atoms with Gasteiger partial charge in [-0.2, -0.15) is 0 Å². The standard InChI is InChI=1S/C17H14ClNO/c18-16-10-14(19)9-8-13(16)11-20-17-7-3-5-12-4-1-2-6-15(12)17/h1-10H,11,19H2. The van der Waals surface area contributed by atoms with Gasteiger partial charge in [-0.25, -0.2) is 0 Å². The molecule has 0 saturated heterocycles. The monoisotopic (exact) mass is 283 g/mol. The summed E-state index contributed by atoms with van der Waals surface area (Å²) in [7, 11) is 0. The van der Waals surface area contributed by atoms with E-state index in [4.69, 9.17) is 22.1 Å². The number of rotatable bonds is 3. The molecule has 3 aromatic carbocycles. The second kappa shape index (κ2) is 5.43. The predicted molar refractivity (Wildman–Crippen MR) is 84.1 cm³/mol. The highest BCUT2D eigenvalue weighted by atomic mass is 35.5. The van der Waals surface area contributed by atoms with Gasteiger partial charge in [0.05, 0.1) is 0 Å². The molecule has 0 fully saturated rings. The Labute approximate surface area is 122 Å². The number of anilines is 1. The quantitative estimate of drug-likeness (QED) is 0.710. The molecule has 3 heteroatoms. The minimum absolute atomic E-state index is 0.424. The summed E-state index contributed by atoms with van der Waals surface area (Å²) < 4.78 is 5.90. The van der Waals surface area contributed by atoms with Crippen molar-refractivity contribution in [3.8, 4) is 5.75 Å². The Morgan fingerprint density at radius 2 is 1.75 bits per heavy atom. The summed E-state index contributed by atoms with van der Waals surface area (Å²) in [5.41, 5.74) is 7.27. The van der Waals surface area contributed by atoms with Crippen molar-refractivity contribution < 1.29 is 4.74 Å². The lowest BCUT2D eigenvalue weighted by atomic mass is 10.1. The first-order valence-electron chi connectivity index (χ1n) is 6.38. The van der Waals surface area contributed by atoms with Gasteiger partial charge < -0.3 is 10.5 Å². The van der Waals surface area contributed by atoms with Crippen molar-refractivity contribution in [3.63, 3.8) is 0 Å². The third kappa shape index (κ3) is 2.56. The van der Waals surface area contributed by atoms with E-state index in [0.29, 0.717) is 17.3 Å². The van der Waals surface area contributed by atoms with Crippen LogP contribution < -0.4 is 10.5 Å². The fourth-order valence-electron chi connectivity index (χ4n) is 2.16. The fraction of sp³-hybridized carbons (Fsp3) is 0.0588. The van der Waals surface area contributed by atoms with Crippen LogP contribution in [0.15, 0.2) is 60.7 Å². The lowest BCUT2D eigenvalue weighted by Gasteiger charge is -2.10. The molecule has 3 aromatic rings. The highest BCUT2D eigenvalue weighted by molar-refractivity contribution is 6.31. The smallest absolute Gasteiger partial charge is 0.127 e. The van der Waals surface area contributed by atoms with Gasteiger partial charge in [-0.1, -0.05) is 54.1 Å². The van der Waals surface area contributed by atoms with E-state index in [1.54, 1.807) is 6.07 Å². The summed E-state index contributed by atoms with van der Waals surface area (Å²) in [4.78, 5) is 0. The number of benzene rings is 3. The van der Waals surface area contributed by atoms with Crippen LogP contribution in [0, 0.1) is 0 Å². The summed E-state index contributed by atoms with van der Waals surface area (Å²) >= 11 is 6.15. The Morgan fingerprint density at radius 1 is 0.950 bits per heavy atom. The van der Waals surface area contributed by atoms with E-state index in [9.17, 15) is 0 Å². The van der Waals surface area contributed by atoms with E-state index in [-0.39, 0.29) is 0 Å². The van der Waals surface area contributed by atoms with E-state index >= 15 is 0 Å². The van der Waals surface area contributed by atoms with Gasteiger partial charge >= 0.3 is 0 Å². The van der Waals surface area contributed by atoms with E-state index in [1.807, 2.05) is 36.4 Å². The fourth-order valence-corrected chi connectivity index (χ4v) is 2.40. The van der Waals surface area contributed by atoms with Crippen LogP contribution in [0.5, 0.6) is 5.75 Å². The zero-order chi connectivity index (χ0) is 13.9. The highest BCUT2D eigenvalue weighted by Gasteiger charge is 2.04. The molecule has 0 heterocycles. The van der Waals surface area contributed by atoms with E-state index in [0.717, 1.165) is 22.1 Å². The maximum absolute atomic E-state index is 6.15. The van der Waals surface area contributed by atoms with Crippen LogP contribution in [-0.2, 0) is 6.61 Å². The van der Waals surface area contributed by atoms with E-state index in [2.05, 4.69) is 18.2 Å². The first-order valence-corrected chi connectivity index (χ1v) is 6.76. The molecule has 20 heavy (non-hydrogen) atoms. The first kappa shape index (κ1) is 12.8. The van der Waals surface area contributed by atoms with Crippen LogP contribution in [-0.4, -0.2) is 0 Å². The Morgan fingerprint density at radius 3 is 2.60 bits per heavy atom. The summed E-state index contributed by atoms with van der Waals surface area (Å²) in [6, 6.07) is 19.6. The molecule has 0 saturated carbocycles. The molecule has 100 valence electrons. The Balaban J connectivity index is 1.87. The number of hydrogen-bond donors (Lipinski definition) is 1. The van der Waals surface area contributed by atoms with Crippen molar-refractivity contribution in [3.05, 3.63) is 71.2 Å². The lowest BCUT2D eigenvalue weighted by molar-refractivity contribution is 0.310. The molecule has 2 nitrogen and oxygen atoms in total. The van der Waals surface area contributed by atoms with Gasteiger partial charge in [0.2, 0.25) is 0 Å². The van der Waals surface area contributed by atoms with Crippen molar-refractivity contribution >= 4 is 28.1 Å². The number of hydrogen-bond acceptors (Lipinski definition) is 2. The van der Waals surface area contributed by atoms with Crippen molar-refractivity contribution in [2.45, 2.75) is 6.61 Å². The van der Waals surface area contributed by atoms with Gasteiger partial charge in [0.1, 0.15) is 12.4 Å². The number of fused-ring (bicyclic) bond motifs is 1. The van der Waals surface area contributed by atoms with E-state index < -0.39 is 0 Å². The number of halogens is 1. The molecule has 0 aliphatic carbocycles. The molecule has 0 unspecified atom stereocenters. The van der Waals surface area contributed by atoms with Crippen LogP contribution in [0.2, 0.25) is 5.02 Å². The van der Waals surface area contributed by atoms with Gasteiger partial charge in [-0.15, -0.1) is 0 Å². The minimum Gasteiger partial charge on any atom is -0.488 e. The van der Waals surface area contributed by atoms with E-state index in [1.165, 1.54) is 0 Å². The number of nitrogens with two attached hydrogens (primary N) is 1. The molecule has 0 aliphatic rings. The third-order valence-corrected chi connectivity index (χ3v) is 3.56. The molecule has 0 aromatic heterocycles. The largest absolute Gasteiger partial charge is 0.488 e. The van der Waals surface area contributed by atoms with Crippen molar-refractivity contribution in [2.75, 3.05) is 5.73 Å². The average Bonchev–Trinajstić information content (AvgIpc) is 2.46. The molecule has 2 N–H and O–H groups in total. The molecular weight excluding hydrogens is 270 g/mol. The van der Waals surface area contributed by atoms with Crippen LogP contribution in [0.4, 0.5) is 5.69 Å². The van der Waals surface area contributed by atoms with Crippen LogP contribution in [0.25, 0.3) is 10.8 Å². The van der Waals surface area contributed by atoms with Gasteiger partial charge in [-0.05, 0) is 23.6 Å². The van der Waals surface area contributed by atoms with Crippen molar-refractivity contribution in [1.82, 2.24) is 0 Å². The normalized spacial score (nSPS) is 10.7. The summed E-state index contributed by atoms with van der Waals surface area (Å²) in [5.74, 6) is 0.857. The second-order valence-corrected chi connectivity index (χ2v) is 5.02. The highest BCUT2D eigenvalue weighted by Crippen LogP contribution is 2.27. The summed E-state index contributed by atoms with van der Waals surface area (Å²) in [5, 5.41) is 2.89. The molecule has 0 aliphatic heterocycles.